The molecule has 0 saturated heterocycles. The smallest absolute Gasteiger partial charge is 0.172 e. The van der Waals surface area contributed by atoms with Crippen molar-refractivity contribution in [2.75, 3.05) is 6.26 Å². The maximum Gasteiger partial charge on any atom is 0.172 e. The van der Waals surface area contributed by atoms with Crippen LogP contribution in [0.5, 0.6) is 0 Å². The number of aromatic nitrogens is 3. The zero-order valence-electron chi connectivity index (χ0n) is 9.65. The number of carbonyl (C=O) groups is 1. The van der Waals surface area contributed by atoms with E-state index >= 15 is 0 Å². The third kappa shape index (κ3) is 2.62. The second-order valence-electron chi connectivity index (χ2n) is 3.86. The summed E-state index contributed by atoms with van der Waals surface area (Å²) in [7, 11) is -3.27. The molecule has 0 fully saturated rings. The summed E-state index contributed by atoms with van der Waals surface area (Å²) >= 11 is 0. The van der Waals surface area contributed by atoms with Crippen LogP contribution in [-0.4, -0.2) is 36.0 Å². The van der Waals surface area contributed by atoms with Crippen LogP contribution in [0.1, 0.15) is 16.2 Å². The lowest BCUT2D eigenvalue weighted by molar-refractivity contribution is 0.111. The minimum atomic E-state index is -3.27. The zero-order valence-corrected chi connectivity index (χ0v) is 10.5. The molecule has 94 valence electrons. The van der Waals surface area contributed by atoms with Gasteiger partial charge in [0.15, 0.2) is 16.1 Å². The molecule has 18 heavy (non-hydrogen) atoms. The quantitative estimate of drug-likeness (QED) is 0.757. The molecule has 0 aliphatic heterocycles. The van der Waals surface area contributed by atoms with E-state index in [9.17, 15) is 13.2 Å². The first-order valence-electron chi connectivity index (χ1n) is 5.14. The second kappa shape index (κ2) is 4.69. The van der Waals surface area contributed by atoms with Crippen LogP contribution in [0.15, 0.2) is 30.3 Å². The number of rotatable bonds is 4. The molecule has 7 heteroatoms. The monoisotopic (exact) mass is 265 g/mol. The van der Waals surface area contributed by atoms with Crippen molar-refractivity contribution in [1.82, 2.24) is 15.0 Å². The molecule has 0 radical (unpaired) electrons. The van der Waals surface area contributed by atoms with Crippen molar-refractivity contribution in [3.63, 3.8) is 0 Å². The van der Waals surface area contributed by atoms with Crippen molar-refractivity contribution in [3.8, 4) is 5.69 Å². The fourth-order valence-electron chi connectivity index (χ4n) is 1.56. The average molecular weight is 265 g/mol. The van der Waals surface area contributed by atoms with E-state index in [-0.39, 0.29) is 17.1 Å². The van der Waals surface area contributed by atoms with Crippen molar-refractivity contribution in [1.29, 1.82) is 0 Å². The molecule has 1 aromatic carbocycles. The summed E-state index contributed by atoms with van der Waals surface area (Å²) in [5, 5.41) is 7.49. The van der Waals surface area contributed by atoms with Crippen molar-refractivity contribution < 1.29 is 13.2 Å². The Kier molecular flexibility index (Phi) is 3.24. The van der Waals surface area contributed by atoms with Crippen molar-refractivity contribution in [3.05, 3.63) is 41.7 Å². The van der Waals surface area contributed by atoms with Gasteiger partial charge in [-0.25, -0.2) is 13.1 Å². The Morgan fingerprint density at radius 2 is 1.94 bits per heavy atom. The number of benzene rings is 1. The summed E-state index contributed by atoms with van der Waals surface area (Å²) in [6, 6.07) is 8.94. The number of para-hydroxylation sites is 1. The molecule has 0 unspecified atom stereocenters. The highest BCUT2D eigenvalue weighted by molar-refractivity contribution is 7.89. The van der Waals surface area contributed by atoms with E-state index < -0.39 is 9.84 Å². The topological polar surface area (TPSA) is 81.9 Å². The van der Waals surface area contributed by atoms with Gasteiger partial charge < -0.3 is 0 Å². The first-order valence-corrected chi connectivity index (χ1v) is 7.20. The number of aldehydes is 1. The van der Waals surface area contributed by atoms with E-state index in [0.717, 1.165) is 6.26 Å². The maximum atomic E-state index is 11.4. The minimum absolute atomic E-state index is 0.0456. The summed E-state index contributed by atoms with van der Waals surface area (Å²) in [6.45, 7) is 0. The molecule has 1 aromatic heterocycles. The molecule has 0 aliphatic rings. The maximum absolute atomic E-state index is 11.4. The van der Waals surface area contributed by atoms with Crippen LogP contribution < -0.4 is 0 Å². The van der Waals surface area contributed by atoms with Gasteiger partial charge in [0.2, 0.25) is 0 Å². The second-order valence-corrected chi connectivity index (χ2v) is 6.00. The summed E-state index contributed by atoms with van der Waals surface area (Å²) in [6.07, 6.45) is 1.61. The lowest BCUT2D eigenvalue weighted by Crippen LogP contribution is -2.09. The van der Waals surface area contributed by atoms with Gasteiger partial charge in [-0.2, -0.15) is 0 Å². The third-order valence-corrected chi connectivity index (χ3v) is 3.10. The highest BCUT2D eigenvalue weighted by atomic mass is 32.2. The number of nitrogens with zero attached hydrogens (tertiary/aromatic N) is 3. The Hall–Kier alpha value is -2.02. The predicted octanol–water partition coefficient (Wildman–Crippen LogP) is 0.624. The van der Waals surface area contributed by atoms with Crippen molar-refractivity contribution >= 4 is 16.1 Å². The highest BCUT2D eigenvalue weighted by Crippen LogP contribution is 2.14. The normalized spacial score (nSPS) is 11.4. The van der Waals surface area contributed by atoms with E-state index in [4.69, 9.17) is 0 Å². The van der Waals surface area contributed by atoms with Gasteiger partial charge in [0.1, 0.15) is 5.69 Å². The largest absolute Gasteiger partial charge is 0.296 e. The van der Waals surface area contributed by atoms with Gasteiger partial charge in [-0.05, 0) is 12.1 Å². The summed E-state index contributed by atoms with van der Waals surface area (Å²) in [5.41, 5.74) is 0.986. The van der Waals surface area contributed by atoms with Crippen LogP contribution in [0.25, 0.3) is 5.69 Å². The number of hydrogen-bond acceptors (Lipinski definition) is 5. The van der Waals surface area contributed by atoms with Crippen molar-refractivity contribution in [2.24, 2.45) is 0 Å². The Balaban J connectivity index is 2.56. The van der Waals surface area contributed by atoms with Crippen molar-refractivity contribution in [2.45, 2.75) is 5.75 Å². The summed E-state index contributed by atoms with van der Waals surface area (Å²) < 4.78 is 24.1. The van der Waals surface area contributed by atoms with Gasteiger partial charge in [-0.1, -0.05) is 23.4 Å². The zero-order chi connectivity index (χ0) is 13.2. The summed E-state index contributed by atoms with van der Waals surface area (Å²) in [5.74, 6) is -0.275. The van der Waals surface area contributed by atoms with E-state index in [1.54, 1.807) is 24.3 Å². The van der Waals surface area contributed by atoms with Crippen LogP contribution in [0.4, 0.5) is 0 Å². The highest BCUT2D eigenvalue weighted by Gasteiger charge is 2.18. The van der Waals surface area contributed by atoms with Crippen LogP contribution in [0, 0.1) is 0 Å². The summed E-state index contributed by atoms with van der Waals surface area (Å²) in [4.78, 5) is 10.8. The molecule has 0 spiro atoms. The van der Waals surface area contributed by atoms with E-state index in [2.05, 4.69) is 10.3 Å². The molecule has 2 rings (SSSR count). The van der Waals surface area contributed by atoms with Gasteiger partial charge in [0.25, 0.3) is 0 Å². The first kappa shape index (κ1) is 12.4. The van der Waals surface area contributed by atoms with Gasteiger partial charge in [0.05, 0.1) is 17.1 Å². The fourth-order valence-corrected chi connectivity index (χ4v) is 2.33. The van der Waals surface area contributed by atoms with E-state index in [1.807, 2.05) is 6.07 Å². The molecule has 0 atom stereocenters. The minimum Gasteiger partial charge on any atom is -0.296 e. The van der Waals surface area contributed by atoms with Gasteiger partial charge in [-0.15, -0.1) is 5.10 Å². The van der Waals surface area contributed by atoms with Crippen LogP contribution in [-0.2, 0) is 15.6 Å². The molecule has 2 aromatic rings. The molecule has 1 heterocycles. The SMILES string of the molecule is CS(=O)(=O)Cc1c(C=O)nnn1-c1ccccc1. The average Bonchev–Trinajstić information content (AvgIpc) is 2.71. The fraction of sp³-hybridized carbons (Fsp3) is 0.182. The van der Waals surface area contributed by atoms with E-state index in [1.165, 1.54) is 4.68 Å². The van der Waals surface area contributed by atoms with E-state index in [0.29, 0.717) is 12.0 Å². The Morgan fingerprint density at radius 1 is 1.28 bits per heavy atom. The van der Waals surface area contributed by atoms with Gasteiger partial charge >= 0.3 is 0 Å². The Morgan fingerprint density at radius 3 is 2.50 bits per heavy atom. The molecule has 0 aliphatic carbocycles. The molecule has 0 bridgehead atoms. The van der Waals surface area contributed by atoms with Gasteiger partial charge in [0, 0.05) is 6.26 Å². The Labute approximate surface area is 104 Å². The van der Waals surface area contributed by atoms with Gasteiger partial charge in [-0.3, -0.25) is 4.79 Å². The van der Waals surface area contributed by atoms with Crippen LogP contribution >= 0.6 is 0 Å². The molecule has 0 N–H and O–H groups in total. The Bertz CT molecular complexity index is 662. The number of sulfone groups is 1. The van der Waals surface area contributed by atoms with Crippen LogP contribution in [0.2, 0.25) is 0 Å². The standard InChI is InChI=1S/C11H11N3O3S/c1-18(16,17)8-11-10(7-15)12-13-14(11)9-5-3-2-4-6-9/h2-7H,8H2,1H3. The molecule has 0 saturated carbocycles. The molecular formula is C11H11N3O3S. The number of carbonyl (C=O) groups excluding carboxylic acids is 1. The lowest BCUT2D eigenvalue weighted by atomic mass is 10.3. The predicted molar refractivity (Wildman–Crippen MR) is 65.3 cm³/mol. The molecular weight excluding hydrogens is 254 g/mol. The first-order chi connectivity index (χ1) is 8.51. The molecule has 0 amide bonds. The number of hydrogen-bond donors (Lipinski definition) is 0. The lowest BCUT2D eigenvalue weighted by Gasteiger charge is -2.05. The molecule has 6 nitrogen and oxygen atoms in total. The third-order valence-electron chi connectivity index (χ3n) is 2.30. The van der Waals surface area contributed by atoms with Crippen LogP contribution in [0.3, 0.4) is 0 Å².